The van der Waals surface area contributed by atoms with Crippen molar-refractivity contribution in [2.24, 2.45) is 0 Å². The minimum atomic E-state index is -0.230. The molecule has 7 heteroatoms. The van der Waals surface area contributed by atoms with Gasteiger partial charge in [0.05, 0.1) is 18.8 Å². The van der Waals surface area contributed by atoms with Crippen LogP contribution in [-0.4, -0.2) is 58.5 Å². The number of anilines is 1. The number of aromatic amines is 1. The van der Waals surface area contributed by atoms with E-state index in [0.717, 1.165) is 35.6 Å². The molecule has 7 nitrogen and oxygen atoms in total. The van der Waals surface area contributed by atoms with Crippen LogP contribution in [0.2, 0.25) is 0 Å². The van der Waals surface area contributed by atoms with Crippen LogP contribution in [0.4, 0.5) is 5.95 Å². The van der Waals surface area contributed by atoms with Crippen molar-refractivity contribution in [2.45, 2.75) is 18.9 Å². The second-order valence-electron chi connectivity index (χ2n) is 7.36. The smallest absolute Gasteiger partial charge is 0.270 e. The van der Waals surface area contributed by atoms with Crippen molar-refractivity contribution in [2.75, 3.05) is 37.7 Å². The average Bonchev–Trinajstić information content (AvgIpc) is 3.43. The molecule has 1 N–H and O–H groups in total. The maximum atomic E-state index is 13.0. The summed E-state index contributed by atoms with van der Waals surface area (Å²) in [6.45, 7) is 3.57. The van der Waals surface area contributed by atoms with Crippen LogP contribution in [-0.2, 0) is 4.74 Å². The van der Waals surface area contributed by atoms with E-state index in [-0.39, 0.29) is 12.0 Å². The lowest BCUT2D eigenvalue weighted by atomic mass is 10.2. The van der Waals surface area contributed by atoms with Crippen LogP contribution in [0.1, 0.15) is 35.1 Å². The van der Waals surface area contributed by atoms with Crippen molar-refractivity contribution in [3.63, 3.8) is 0 Å². The fraction of sp³-hybridized carbons (Fsp3) is 0.381. The normalized spacial score (nSPS) is 20.1. The molecule has 1 amide bonds. The average molecular weight is 377 g/mol. The summed E-state index contributed by atoms with van der Waals surface area (Å²) in [6.07, 6.45) is 3.92. The van der Waals surface area contributed by atoms with Crippen molar-refractivity contribution in [1.29, 1.82) is 0 Å². The number of aromatic nitrogens is 3. The Morgan fingerprint density at radius 3 is 2.86 bits per heavy atom. The summed E-state index contributed by atoms with van der Waals surface area (Å²) < 4.78 is 5.94. The number of hydrogen-bond acceptors (Lipinski definition) is 5. The minimum Gasteiger partial charge on any atom is -0.368 e. The predicted molar refractivity (Wildman–Crippen MR) is 106 cm³/mol. The van der Waals surface area contributed by atoms with Crippen LogP contribution in [0.15, 0.2) is 42.6 Å². The minimum absolute atomic E-state index is 0.00155. The number of para-hydroxylation sites is 1. The van der Waals surface area contributed by atoms with Gasteiger partial charge in [-0.05, 0) is 31.0 Å². The second kappa shape index (κ2) is 7.24. The van der Waals surface area contributed by atoms with Crippen LogP contribution in [0.25, 0.3) is 10.9 Å². The molecule has 2 fully saturated rings. The van der Waals surface area contributed by atoms with Gasteiger partial charge in [-0.15, -0.1) is 0 Å². The Labute approximate surface area is 163 Å². The van der Waals surface area contributed by atoms with E-state index in [4.69, 9.17) is 9.72 Å². The molecular weight excluding hydrogens is 354 g/mol. The Kier molecular flexibility index (Phi) is 4.44. The molecule has 2 aliphatic heterocycles. The van der Waals surface area contributed by atoms with E-state index in [1.165, 1.54) is 12.8 Å². The van der Waals surface area contributed by atoms with E-state index in [1.807, 2.05) is 41.3 Å². The van der Waals surface area contributed by atoms with Gasteiger partial charge in [-0.25, -0.2) is 9.97 Å². The molecule has 4 heterocycles. The molecule has 0 bridgehead atoms. The van der Waals surface area contributed by atoms with Gasteiger partial charge in [-0.2, -0.15) is 0 Å². The monoisotopic (exact) mass is 377 g/mol. The lowest BCUT2D eigenvalue weighted by Gasteiger charge is -2.32. The highest BCUT2D eigenvalue weighted by atomic mass is 16.5. The number of carbonyl (C=O) groups is 1. The topological polar surface area (TPSA) is 74.3 Å². The maximum absolute atomic E-state index is 13.0. The quantitative estimate of drug-likeness (QED) is 0.760. The molecule has 5 rings (SSSR count). The maximum Gasteiger partial charge on any atom is 0.270 e. The summed E-state index contributed by atoms with van der Waals surface area (Å²) in [5.41, 5.74) is 2.43. The molecule has 2 saturated heterocycles. The van der Waals surface area contributed by atoms with Crippen molar-refractivity contribution in [3.8, 4) is 0 Å². The second-order valence-corrected chi connectivity index (χ2v) is 7.36. The molecule has 28 heavy (non-hydrogen) atoms. The van der Waals surface area contributed by atoms with Gasteiger partial charge in [0.2, 0.25) is 5.95 Å². The summed E-state index contributed by atoms with van der Waals surface area (Å²) >= 11 is 0. The number of fused-ring (bicyclic) bond motifs is 1. The van der Waals surface area contributed by atoms with Crippen LogP contribution >= 0.6 is 0 Å². The first-order valence-electron chi connectivity index (χ1n) is 9.84. The molecule has 2 aliphatic rings. The van der Waals surface area contributed by atoms with Crippen molar-refractivity contribution in [3.05, 3.63) is 54.0 Å². The van der Waals surface area contributed by atoms with E-state index in [0.29, 0.717) is 25.4 Å². The van der Waals surface area contributed by atoms with Crippen LogP contribution < -0.4 is 4.90 Å². The largest absolute Gasteiger partial charge is 0.368 e. The molecule has 0 spiro atoms. The van der Waals surface area contributed by atoms with Gasteiger partial charge in [-0.3, -0.25) is 4.79 Å². The molecule has 0 aliphatic carbocycles. The molecule has 0 radical (unpaired) electrons. The summed E-state index contributed by atoms with van der Waals surface area (Å²) in [6, 6.07) is 11.7. The molecule has 1 atom stereocenters. The number of amides is 1. The first kappa shape index (κ1) is 17.2. The lowest BCUT2D eigenvalue weighted by Crippen LogP contribution is -2.42. The Bertz CT molecular complexity index is 962. The van der Waals surface area contributed by atoms with Crippen LogP contribution in [0, 0.1) is 0 Å². The number of morpholine rings is 1. The van der Waals surface area contributed by atoms with Gasteiger partial charge in [0.1, 0.15) is 11.8 Å². The SMILES string of the molecule is O=C(c1cc2ccccc2[nH]1)N1CCO[C@@H](c2ccnc(N3CCCC3)n2)C1. The first-order valence-corrected chi connectivity index (χ1v) is 9.84. The van der Waals surface area contributed by atoms with Crippen LogP contribution in [0.3, 0.4) is 0 Å². The molecule has 1 aromatic carbocycles. The number of rotatable bonds is 3. The van der Waals surface area contributed by atoms with Crippen LogP contribution in [0.5, 0.6) is 0 Å². The predicted octanol–water partition coefficient (Wildman–Crippen LogP) is 2.77. The van der Waals surface area contributed by atoms with E-state index < -0.39 is 0 Å². The Morgan fingerprint density at radius 2 is 2.00 bits per heavy atom. The Morgan fingerprint density at radius 1 is 1.14 bits per heavy atom. The van der Waals surface area contributed by atoms with Crippen molar-refractivity contribution >= 4 is 22.8 Å². The van der Waals surface area contributed by atoms with Gasteiger partial charge < -0.3 is 19.5 Å². The third-order valence-corrected chi connectivity index (χ3v) is 5.50. The summed E-state index contributed by atoms with van der Waals surface area (Å²) in [4.78, 5) is 29.4. The fourth-order valence-electron chi connectivity index (χ4n) is 3.98. The zero-order valence-electron chi connectivity index (χ0n) is 15.7. The zero-order chi connectivity index (χ0) is 18.9. The van der Waals surface area contributed by atoms with Crippen molar-refractivity contribution < 1.29 is 9.53 Å². The highest BCUT2D eigenvalue weighted by Gasteiger charge is 2.28. The standard InChI is InChI=1S/C21H23N5O2/c27-20(18-13-15-5-1-2-6-16(15)23-18)26-11-12-28-19(14-26)17-7-8-22-21(24-17)25-9-3-4-10-25/h1-2,5-8,13,19,23H,3-4,9-12,14H2/t19-/m1/s1. The molecule has 0 saturated carbocycles. The molecule has 3 aromatic rings. The van der Waals surface area contributed by atoms with E-state index >= 15 is 0 Å². The number of carbonyl (C=O) groups excluding carboxylic acids is 1. The summed E-state index contributed by atoms with van der Waals surface area (Å²) in [5, 5.41) is 1.04. The highest BCUT2D eigenvalue weighted by molar-refractivity contribution is 5.98. The number of ether oxygens (including phenoxy) is 1. The molecule has 2 aromatic heterocycles. The van der Waals surface area contributed by atoms with Gasteiger partial charge >= 0.3 is 0 Å². The fourth-order valence-corrected chi connectivity index (χ4v) is 3.98. The molecule has 144 valence electrons. The van der Waals surface area contributed by atoms with E-state index in [9.17, 15) is 4.79 Å². The van der Waals surface area contributed by atoms with E-state index in [2.05, 4.69) is 14.9 Å². The van der Waals surface area contributed by atoms with Gasteiger partial charge in [0.25, 0.3) is 5.91 Å². The zero-order valence-corrected chi connectivity index (χ0v) is 15.7. The number of nitrogens with zero attached hydrogens (tertiary/aromatic N) is 4. The van der Waals surface area contributed by atoms with E-state index in [1.54, 1.807) is 6.20 Å². The number of nitrogens with one attached hydrogen (secondary N) is 1. The number of hydrogen-bond donors (Lipinski definition) is 1. The van der Waals surface area contributed by atoms with Gasteiger partial charge in [0, 0.05) is 36.7 Å². The van der Waals surface area contributed by atoms with Crippen molar-refractivity contribution in [1.82, 2.24) is 19.9 Å². The number of H-pyrrole nitrogens is 1. The summed E-state index contributed by atoms with van der Waals surface area (Å²) in [7, 11) is 0. The third kappa shape index (κ3) is 3.22. The first-order chi connectivity index (χ1) is 13.8. The number of benzene rings is 1. The Balaban J connectivity index is 1.34. The molecule has 0 unspecified atom stereocenters. The Hall–Kier alpha value is -2.93. The lowest BCUT2D eigenvalue weighted by molar-refractivity contribution is -0.0249. The van der Waals surface area contributed by atoms with Gasteiger partial charge in [-0.1, -0.05) is 18.2 Å². The third-order valence-electron chi connectivity index (χ3n) is 5.50. The van der Waals surface area contributed by atoms with Gasteiger partial charge in [0.15, 0.2) is 0 Å². The summed E-state index contributed by atoms with van der Waals surface area (Å²) in [5.74, 6) is 0.760. The molecular formula is C21H23N5O2. The highest BCUT2D eigenvalue weighted by Crippen LogP contribution is 2.25.